The average molecular weight is 278 g/mol. The smallest absolute Gasteiger partial charge is 0.412 e. The molecule has 0 atom stereocenters. The van der Waals surface area contributed by atoms with Crippen LogP contribution in [0.2, 0.25) is 0 Å². The summed E-state index contributed by atoms with van der Waals surface area (Å²) in [6.45, 7) is 5.42. The molecule has 1 fully saturated rings. The molecule has 0 radical (unpaired) electrons. The number of nitrogens with two attached hydrogens (primary N) is 1. The van der Waals surface area contributed by atoms with Crippen molar-refractivity contribution in [1.29, 1.82) is 0 Å². The maximum absolute atomic E-state index is 11.7. The highest BCUT2D eigenvalue weighted by molar-refractivity contribution is 5.85. The minimum atomic E-state index is -0.542. The third-order valence-electron chi connectivity index (χ3n) is 3.16. The van der Waals surface area contributed by atoms with Crippen molar-refractivity contribution < 1.29 is 14.6 Å². The van der Waals surface area contributed by atoms with Crippen LogP contribution in [0, 0.1) is 0 Å². The number of carbonyl (C=O) groups excluding carboxylic acids is 1. The molecule has 0 unspecified atom stereocenters. The maximum Gasteiger partial charge on any atom is 0.412 e. The number of phenols is 1. The van der Waals surface area contributed by atoms with Gasteiger partial charge >= 0.3 is 6.09 Å². The Morgan fingerprint density at radius 2 is 2.10 bits per heavy atom. The van der Waals surface area contributed by atoms with Crippen LogP contribution in [0.25, 0.3) is 0 Å². The molecular weight excluding hydrogens is 256 g/mol. The Bertz CT molecular complexity index is 516. The molecule has 0 aliphatic heterocycles. The van der Waals surface area contributed by atoms with Crippen molar-refractivity contribution in [2.45, 2.75) is 51.2 Å². The molecule has 4 N–H and O–H groups in total. The second-order valence-corrected chi connectivity index (χ2v) is 6.51. The Labute approximate surface area is 119 Å². The van der Waals surface area contributed by atoms with E-state index in [0.717, 1.165) is 18.4 Å². The summed E-state index contributed by atoms with van der Waals surface area (Å²) >= 11 is 0. The summed E-state index contributed by atoms with van der Waals surface area (Å²) in [5.74, 6) is 0.205. The van der Waals surface area contributed by atoms with Crippen LogP contribution in [-0.4, -0.2) is 22.3 Å². The molecular formula is C15H22N2O3. The van der Waals surface area contributed by atoms with Gasteiger partial charge in [0.25, 0.3) is 0 Å². The molecule has 1 saturated carbocycles. The topological polar surface area (TPSA) is 84.6 Å². The predicted molar refractivity (Wildman–Crippen MR) is 77.8 cm³/mol. The lowest BCUT2D eigenvalue weighted by Gasteiger charge is -2.20. The van der Waals surface area contributed by atoms with Gasteiger partial charge in [-0.05, 0) is 63.8 Å². The Morgan fingerprint density at radius 3 is 2.65 bits per heavy atom. The van der Waals surface area contributed by atoms with Crippen LogP contribution >= 0.6 is 0 Å². The summed E-state index contributed by atoms with van der Waals surface area (Å²) in [4.78, 5) is 11.7. The molecule has 0 saturated heterocycles. The van der Waals surface area contributed by atoms with Crippen molar-refractivity contribution >= 4 is 11.8 Å². The van der Waals surface area contributed by atoms with Crippen molar-refractivity contribution in [3.8, 4) is 5.75 Å². The number of rotatable bonds is 3. The van der Waals surface area contributed by atoms with Crippen LogP contribution in [0.4, 0.5) is 10.5 Å². The largest absolute Gasteiger partial charge is 0.508 e. The van der Waals surface area contributed by atoms with Crippen LogP contribution in [0.15, 0.2) is 18.2 Å². The van der Waals surface area contributed by atoms with E-state index in [2.05, 4.69) is 5.32 Å². The van der Waals surface area contributed by atoms with E-state index >= 15 is 0 Å². The van der Waals surface area contributed by atoms with Crippen LogP contribution in [0.1, 0.15) is 39.2 Å². The van der Waals surface area contributed by atoms with Crippen molar-refractivity contribution in [2.75, 3.05) is 5.32 Å². The number of amides is 1. The molecule has 20 heavy (non-hydrogen) atoms. The predicted octanol–water partition coefficient (Wildman–Crippen LogP) is 2.77. The van der Waals surface area contributed by atoms with E-state index in [0.29, 0.717) is 12.1 Å². The van der Waals surface area contributed by atoms with Crippen molar-refractivity contribution in [2.24, 2.45) is 5.73 Å². The first-order chi connectivity index (χ1) is 9.17. The summed E-state index contributed by atoms with van der Waals surface area (Å²) < 4.78 is 5.19. The van der Waals surface area contributed by atoms with E-state index in [1.807, 2.05) is 0 Å². The van der Waals surface area contributed by atoms with E-state index in [1.165, 1.54) is 0 Å². The summed E-state index contributed by atoms with van der Waals surface area (Å²) in [5.41, 5.74) is 6.67. The monoisotopic (exact) mass is 278 g/mol. The molecule has 5 nitrogen and oxygen atoms in total. The number of hydrogen-bond acceptors (Lipinski definition) is 4. The number of nitrogens with one attached hydrogen (secondary N) is 1. The molecule has 1 aromatic rings. The van der Waals surface area contributed by atoms with Gasteiger partial charge < -0.3 is 15.6 Å². The summed E-state index contributed by atoms with van der Waals surface area (Å²) in [5, 5.41) is 12.5. The van der Waals surface area contributed by atoms with Gasteiger partial charge in [0.2, 0.25) is 0 Å². The Balaban J connectivity index is 2.05. The van der Waals surface area contributed by atoms with Gasteiger partial charge in [-0.3, -0.25) is 5.32 Å². The van der Waals surface area contributed by atoms with Crippen molar-refractivity contribution in [3.05, 3.63) is 23.8 Å². The minimum Gasteiger partial charge on any atom is -0.508 e. The van der Waals surface area contributed by atoms with Gasteiger partial charge in [0.15, 0.2) is 0 Å². The van der Waals surface area contributed by atoms with E-state index < -0.39 is 11.7 Å². The van der Waals surface area contributed by atoms with E-state index in [4.69, 9.17) is 10.5 Å². The van der Waals surface area contributed by atoms with E-state index in [-0.39, 0.29) is 11.3 Å². The Hall–Kier alpha value is -1.75. The molecule has 0 spiro atoms. The Kier molecular flexibility index (Phi) is 3.65. The van der Waals surface area contributed by atoms with Crippen LogP contribution in [0.3, 0.4) is 0 Å². The fourth-order valence-corrected chi connectivity index (χ4v) is 1.94. The van der Waals surface area contributed by atoms with Gasteiger partial charge in [-0.1, -0.05) is 0 Å². The van der Waals surface area contributed by atoms with Gasteiger partial charge in [-0.15, -0.1) is 0 Å². The number of hydrogen-bond donors (Lipinski definition) is 3. The molecule has 0 heterocycles. The third kappa shape index (κ3) is 4.13. The van der Waals surface area contributed by atoms with Crippen LogP contribution < -0.4 is 11.1 Å². The fraction of sp³-hybridized carbons (Fsp3) is 0.533. The number of carbonyl (C=O) groups is 1. The Morgan fingerprint density at radius 1 is 1.45 bits per heavy atom. The SMILES string of the molecule is CC(C)(C)OC(=O)Nc1ccc(O)c(CC2(N)CC2)c1. The van der Waals surface area contributed by atoms with Gasteiger partial charge in [0.05, 0.1) is 0 Å². The van der Waals surface area contributed by atoms with Gasteiger partial charge in [-0.2, -0.15) is 0 Å². The second kappa shape index (κ2) is 4.98. The van der Waals surface area contributed by atoms with Gasteiger partial charge in [0.1, 0.15) is 11.4 Å². The molecule has 1 aromatic carbocycles. The molecule has 1 amide bonds. The molecule has 5 heteroatoms. The number of aromatic hydroxyl groups is 1. The lowest BCUT2D eigenvalue weighted by atomic mass is 10.0. The van der Waals surface area contributed by atoms with Gasteiger partial charge in [-0.25, -0.2) is 4.79 Å². The zero-order valence-corrected chi connectivity index (χ0v) is 12.2. The fourth-order valence-electron chi connectivity index (χ4n) is 1.94. The number of phenolic OH excluding ortho intramolecular Hbond substituents is 1. The van der Waals surface area contributed by atoms with E-state index in [9.17, 15) is 9.90 Å². The first kappa shape index (κ1) is 14.7. The highest BCUT2D eigenvalue weighted by atomic mass is 16.6. The highest BCUT2D eigenvalue weighted by Crippen LogP contribution is 2.38. The highest BCUT2D eigenvalue weighted by Gasteiger charge is 2.38. The molecule has 1 aliphatic carbocycles. The first-order valence-corrected chi connectivity index (χ1v) is 6.78. The van der Waals surface area contributed by atoms with Crippen LogP contribution in [-0.2, 0) is 11.2 Å². The van der Waals surface area contributed by atoms with Crippen LogP contribution in [0.5, 0.6) is 5.75 Å². The standard InChI is InChI=1S/C15H22N2O3/c1-14(2,3)20-13(19)17-11-4-5-12(18)10(8-11)9-15(16)6-7-15/h4-5,8,18H,6-7,9,16H2,1-3H3,(H,17,19). The minimum absolute atomic E-state index is 0.192. The molecule has 0 bridgehead atoms. The molecule has 1 aliphatic rings. The number of anilines is 1. The van der Waals surface area contributed by atoms with Crippen molar-refractivity contribution in [3.63, 3.8) is 0 Å². The lowest BCUT2D eigenvalue weighted by molar-refractivity contribution is 0.0636. The van der Waals surface area contributed by atoms with Gasteiger partial charge in [0, 0.05) is 11.2 Å². The average Bonchev–Trinajstić information content (AvgIpc) is 2.98. The summed E-state index contributed by atoms with van der Waals surface area (Å²) in [7, 11) is 0. The second-order valence-electron chi connectivity index (χ2n) is 6.51. The maximum atomic E-state index is 11.7. The zero-order valence-electron chi connectivity index (χ0n) is 12.2. The molecule has 110 valence electrons. The quantitative estimate of drug-likeness (QED) is 0.742. The summed E-state index contributed by atoms with van der Waals surface area (Å²) in [6.07, 6.45) is 2.04. The number of ether oxygens (including phenoxy) is 1. The molecule has 2 rings (SSSR count). The lowest BCUT2D eigenvalue weighted by Crippen LogP contribution is -2.27. The third-order valence-corrected chi connectivity index (χ3v) is 3.16. The summed E-state index contributed by atoms with van der Waals surface area (Å²) in [6, 6.07) is 4.94. The normalized spacial score (nSPS) is 16.6. The number of benzene rings is 1. The van der Waals surface area contributed by atoms with E-state index in [1.54, 1.807) is 39.0 Å². The zero-order chi connectivity index (χ0) is 15.0. The molecule has 0 aromatic heterocycles. The van der Waals surface area contributed by atoms with Crippen molar-refractivity contribution in [1.82, 2.24) is 0 Å². The first-order valence-electron chi connectivity index (χ1n) is 6.78.